The molecule has 5 heteroatoms. The predicted molar refractivity (Wildman–Crippen MR) is 99.5 cm³/mol. The molecular formula is C20H28N4O. The number of benzene rings is 1. The van der Waals surface area contributed by atoms with Gasteiger partial charge in [0.2, 0.25) is 0 Å². The van der Waals surface area contributed by atoms with Crippen molar-refractivity contribution in [3.8, 4) is 0 Å². The first kappa shape index (κ1) is 17.5. The number of carbonyl (C=O) groups is 1. The first-order valence-corrected chi connectivity index (χ1v) is 9.19. The Morgan fingerprint density at radius 3 is 2.88 bits per heavy atom. The van der Waals surface area contributed by atoms with Crippen LogP contribution < -0.4 is 5.32 Å². The molecule has 0 aliphatic heterocycles. The molecule has 1 saturated carbocycles. The van der Waals surface area contributed by atoms with Crippen molar-refractivity contribution in [1.29, 1.82) is 0 Å². The number of carbonyl (C=O) groups excluding carboxylic acids is 1. The van der Waals surface area contributed by atoms with E-state index in [-0.39, 0.29) is 6.03 Å². The van der Waals surface area contributed by atoms with Gasteiger partial charge in [-0.25, -0.2) is 9.78 Å². The van der Waals surface area contributed by atoms with Gasteiger partial charge in [0, 0.05) is 31.5 Å². The number of nitrogens with one attached hydrogen (secondary N) is 1. The van der Waals surface area contributed by atoms with Crippen molar-refractivity contribution in [3.05, 3.63) is 53.1 Å². The van der Waals surface area contributed by atoms with Crippen molar-refractivity contribution in [2.75, 3.05) is 6.54 Å². The smallest absolute Gasteiger partial charge is 0.318 e. The molecule has 0 bridgehead atoms. The van der Waals surface area contributed by atoms with Gasteiger partial charge in [-0.2, -0.15) is 0 Å². The van der Waals surface area contributed by atoms with Crippen LogP contribution in [0.4, 0.5) is 4.79 Å². The standard InChI is InChI=1S/C20H28N4O/c1-4-9-22-20(25)24(18-7-8-18)14-19-21-10-11-23(19)13-17-12-15(2)5-6-16(17)3/h5-6,10-12,18H,4,7-9,13-14H2,1-3H3,(H,22,25). The van der Waals surface area contributed by atoms with Crippen molar-refractivity contribution in [3.63, 3.8) is 0 Å². The summed E-state index contributed by atoms with van der Waals surface area (Å²) in [4.78, 5) is 18.9. The number of imidazole rings is 1. The van der Waals surface area contributed by atoms with Gasteiger partial charge >= 0.3 is 6.03 Å². The maximum absolute atomic E-state index is 12.5. The van der Waals surface area contributed by atoms with Gasteiger partial charge in [0.25, 0.3) is 0 Å². The average Bonchev–Trinajstić information content (AvgIpc) is 3.34. The Morgan fingerprint density at radius 1 is 1.36 bits per heavy atom. The summed E-state index contributed by atoms with van der Waals surface area (Å²) in [6.07, 6.45) is 6.97. The SMILES string of the molecule is CCCNC(=O)N(Cc1nccn1Cc1cc(C)ccc1C)C1CC1. The number of amides is 2. The van der Waals surface area contributed by atoms with Crippen LogP contribution in [-0.2, 0) is 13.1 Å². The molecule has 0 unspecified atom stereocenters. The lowest BCUT2D eigenvalue weighted by Crippen LogP contribution is -2.41. The summed E-state index contributed by atoms with van der Waals surface area (Å²) in [5, 5.41) is 3.00. The van der Waals surface area contributed by atoms with E-state index in [1.54, 1.807) is 0 Å². The van der Waals surface area contributed by atoms with E-state index in [0.29, 0.717) is 12.6 Å². The van der Waals surface area contributed by atoms with Gasteiger partial charge in [-0.1, -0.05) is 30.7 Å². The maximum atomic E-state index is 12.5. The highest BCUT2D eigenvalue weighted by Gasteiger charge is 2.33. The van der Waals surface area contributed by atoms with E-state index < -0.39 is 0 Å². The average molecular weight is 340 g/mol. The lowest BCUT2D eigenvalue weighted by Gasteiger charge is -2.23. The van der Waals surface area contributed by atoms with Gasteiger partial charge in [0.1, 0.15) is 5.82 Å². The first-order chi connectivity index (χ1) is 12.1. The normalized spacial score (nSPS) is 13.7. The van der Waals surface area contributed by atoms with E-state index in [2.05, 4.69) is 53.8 Å². The fourth-order valence-electron chi connectivity index (χ4n) is 3.03. The Bertz CT molecular complexity index is 733. The van der Waals surface area contributed by atoms with E-state index in [9.17, 15) is 4.79 Å². The molecule has 3 rings (SSSR count). The number of aryl methyl sites for hydroxylation is 2. The molecule has 134 valence electrons. The van der Waals surface area contributed by atoms with E-state index in [1.165, 1.54) is 16.7 Å². The molecule has 1 aliphatic carbocycles. The van der Waals surface area contributed by atoms with Gasteiger partial charge in [-0.05, 0) is 44.2 Å². The number of urea groups is 1. The molecule has 25 heavy (non-hydrogen) atoms. The number of aromatic nitrogens is 2. The summed E-state index contributed by atoms with van der Waals surface area (Å²) in [6.45, 7) is 8.40. The van der Waals surface area contributed by atoms with Crippen LogP contribution in [0.15, 0.2) is 30.6 Å². The number of nitrogens with zero attached hydrogens (tertiary/aromatic N) is 3. The van der Waals surface area contributed by atoms with E-state index in [0.717, 1.165) is 38.2 Å². The third-order valence-corrected chi connectivity index (χ3v) is 4.73. The summed E-state index contributed by atoms with van der Waals surface area (Å²) in [7, 11) is 0. The molecule has 2 aromatic rings. The molecular weight excluding hydrogens is 312 g/mol. The third kappa shape index (κ3) is 4.41. The molecule has 5 nitrogen and oxygen atoms in total. The second-order valence-electron chi connectivity index (χ2n) is 6.99. The summed E-state index contributed by atoms with van der Waals surface area (Å²) in [6, 6.07) is 6.93. The van der Waals surface area contributed by atoms with Crippen molar-refractivity contribution < 1.29 is 4.79 Å². The summed E-state index contributed by atoms with van der Waals surface area (Å²) >= 11 is 0. The zero-order valence-corrected chi connectivity index (χ0v) is 15.5. The molecule has 1 aromatic carbocycles. The van der Waals surface area contributed by atoms with Crippen LogP contribution in [0.5, 0.6) is 0 Å². The Balaban J connectivity index is 1.74. The molecule has 1 heterocycles. The minimum absolute atomic E-state index is 0.0330. The molecule has 0 spiro atoms. The maximum Gasteiger partial charge on any atom is 0.318 e. The largest absolute Gasteiger partial charge is 0.338 e. The van der Waals surface area contributed by atoms with Gasteiger partial charge in [-0.3, -0.25) is 0 Å². The zero-order chi connectivity index (χ0) is 17.8. The first-order valence-electron chi connectivity index (χ1n) is 9.19. The van der Waals surface area contributed by atoms with Crippen molar-refractivity contribution in [2.24, 2.45) is 0 Å². The van der Waals surface area contributed by atoms with Gasteiger partial charge in [0.15, 0.2) is 0 Å². The van der Waals surface area contributed by atoms with Crippen LogP contribution >= 0.6 is 0 Å². The fourth-order valence-corrected chi connectivity index (χ4v) is 3.03. The number of rotatable bonds is 7. The highest BCUT2D eigenvalue weighted by Crippen LogP contribution is 2.28. The zero-order valence-electron chi connectivity index (χ0n) is 15.5. The lowest BCUT2D eigenvalue weighted by molar-refractivity contribution is 0.190. The van der Waals surface area contributed by atoms with Gasteiger partial charge < -0.3 is 14.8 Å². The second-order valence-corrected chi connectivity index (χ2v) is 6.99. The molecule has 1 aromatic heterocycles. The van der Waals surface area contributed by atoms with Crippen LogP contribution in [0.2, 0.25) is 0 Å². The van der Waals surface area contributed by atoms with E-state index in [4.69, 9.17) is 0 Å². The van der Waals surface area contributed by atoms with Crippen molar-refractivity contribution in [2.45, 2.75) is 59.2 Å². The monoisotopic (exact) mass is 340 g/mol. The van der Waals surface area contributed by atoms with Crippen molar-refractivity contribution in [1.82, 2.24) is 19.8 Å². The Hall–Kier alpha value is -2.30. The molecule has 0 atom stereocenters. The Kier molecular flexibility index (Phi) is 5.41. The highest BCUT2D eigenvalue weighted by atomic mass is 16.2. The van der Waals surface area contributed by atoms with Gasteiger partial charge in [0.05, 0.1) is 6.54 Å². The number of hydrogen-bond donors (Lipinski definition) is 1. The minimum Gasteiger partial charge on any atom is -0.338 e. The van der Waals surface area contributed by atoms with E-state index >= 15 is 0 Å². The highest BCUT2D eigenvalue weighted by molar-refractivity contribution is 5.74. The fraction of sp³-hybridized carbons (Fsp3) is 0.500. The van der Waals surface area contributed by atoms with E-state index in [1.807, 2.05) is 17.3 Å². The molecule has 0 saturated heterocycles. The Labute approximate surface area is 150 Å². The molecule has 1 aliphatic rings. The van der Waals surface area contributed by atoms with Crippen LogP contribution in [0.3, 0.4) is 0 Å². The second kappa shape index (κ2) is 7.72. The van der Waals surface area contributed by atoms with Gasteiger partial charge in [-0.15, -0.1) is 0 Å². The topological polar surface area (TPSA) is 50.2 Å². The van der Waals surface area contributed by atoms with Crippen LogP contribution in [0, 0.1) is 13.8 Å². The van der Waals surface area contributed by atoms with Crippen LogP contribution in [0.1, 0.15) is 48.7 Å². The van der Waals surface area contributed by atoms with Crippen LogP contribution in [-0.4, -0.2) is 33.1 Å². The Morgan fingerprint density at radius 2 is 2.16 bits per heavy atom. The minimum atomic E-state index is 0.0330. The molecule has 1 fully saturated rings. The predicted octanol–water partition coefficient (Wildman–Crippen LogP) is 3.63. The van der Waals surface area contributed by atoms with Crippen LogP contribution in [0.25, 0.3) is 0 Å². The summed E-state index contributed by atoms with van der Waals surface area (Å²) in [5.41, 5.74) is 3.85. The lowest BCUT2D eigenvalue weighted by atomic mass is 10.1. The molecule has 1 N–H and O–H groups in total. The summed E-state index contributed by atoms with van der Waals surface area (Å²) < 4.78 is 2.16. The quantitative estimate of drug-likeness (QED) is 0.837. The third-order valence-electron chi connectivity index (χ3n) is 4.73. The number of hydrogen-bond acceptors (Lipinski definition) is 2. The van der Waals surface area contributed by atoms with Crippen molar-refractivity contribution >= 4 is 6.03 Å². The molecule has 2 amide bonds. The molecule has 0 radical (unpaired) electrons. The summed E-state index contributed by atoms with van der Waals surface area (Å²) in [5.74, 6) is 0.944.